The van der Waals surface area contributed by atoms with Gasteiger partial charge in [0.2, 0.25) is 0 Å². The Kier molecular flexibility index (Phi) is 4.01. The Labute approximate surface area is 152 Å². The first-order chi connectivity index (χ1) is 12.6. The Hall–Kier alpha value is -3.40. The van der Waals surface area contributed by atoms with Gasteiger partial charge in [-0.3, -0.25) is 9.20 Å². The summed E-state index contributed by atoms with van der Waals surface area (Å²) in [7, 11) is 0. The summed E-state index contributed by atoms with van der Waals surface area (Å²) in [5.41, 5.74) is 5.31. The number of nitrogens with zero attached hydrogens (tertiary/aromatic N) is 2. The normalized spacial score (nSPS) is 10.8. The van der Waals surface area contributed by atoms with Gasteiger partial charge in [-0.25, -0.2) is 4.98 Å². The molecule has 0 bridgehead atoms. The number of benzene rings is 2. The standard InChI is InChI=1S/C22H19N3O/c1-15-8-6-12-18(14-15)22(26)24-21-19(17-10-4-3-5-11-17)23-20-16(2)9-7-13-25(20)21/h3-14H,1-2H3,(H,24,26). The number of carbonyl (C=O) groups excluding carboxylic acids is 1. The van der Waals surface area contributed by atoms with E-state index < -0.39 is 0 Å². The van der Waals surface area contributed by atoms with Crippen LogP contribution in [0.15, 0.2) is 72.9 Å². The number of pyridine rings is 1. The summed E-state index contributed by atoms with van der Waals surface area (Å²) in [6.07, 6.45) is 1.92. The molecule has 4 nitrogen and oxygen atoms in total. The second-order valence-electron chi connectivity index (χ2n) is 6.38. The molecule has 0 unspecified atom stereocenters. The smallest absolute Gasteiger partial charge is 0.256 e. The number of imidazole rings is 1. The van der Waals surface area contributed by atoms with E-state index >= 15 is 0 Å². The van der Waals surface area contributed by atoms with Crippen LogP contribution in [0.5, 0.6) is 0 Å². The molecule has 2 aromatic carbocycles. The molecule has 4 heteroatoms. The fourth-order valence-electron chi connectivity index (χ4n) is 3.09. The molecule has 128 valence electrons. The van der Waals surface area contributed by atoms with Gasteiger partial charge in [0.05, 0.1) is 0 Å². The third kappa shape index (κ3) is 2.86. The number of aryl methyl sites for hydroxylation is 2. The summed E-state index contributed by atoms with van der Waals surface area (Å²) in [5.74, 6) is 0.538. The minimum absolute atomic E-state index is 0.144. The molecular weight excluding hydrogens is 322 g/mol. The fourth-order valence-corrected chi connectivity index (χ4v) is 3.09. The molecule has 0 saturated carbocycles. The van der Waals surface area contributed by atoms with Crippen LogP contribution in [0.2, 0.25) is 0 Å². The van der Waals surface area contributed by atoms with Crippen molar-refractivity contribution < 1.29 is 4.79 Å². The van der Waals surface area contributed by atoms with Crippen LogP contribution in [0.25, 0.3) is 16.9 Å². The van der Waals surface area contributed by atoms with Gasteiger partial charge < -0.3 is 5.32 Å². The van der Waals surface area contributed by atoms with Gasteiger partial charge in [0, 0.05) is 17.3 Å². The number of amides is 1. The minimum atomic E-state index is -0.144. The van der Waals surface area contributed by atoms with E-state index in [0.29, 0.717) is 11.4 Å². The predicted octanol–water partition coefficient (Wildman–Crippen LogP) is 4.87. The van der Waals surface area contributed by atoms with E-state index in [1.165, 1.54) is 0 Å². The van der Waals surface area contributed by atoms with Gasteiger partial charge in [-0.15, -0.1) is 0 Å². The van der Waals surface area contributed by atoms with Gasteiger partial charge in [0.15, 0.2) is 0 Å². The van der Waals surface area contributed by atoms with Gasteiger partial charge in [0.25, 0.3) is 5.91 Å². The van der Waals surface area contributed by atoms with Crippen LogP contribution < -0.4 is 5.32 Å². The zero-order valence-corrected chi connectivity index (χ0v) is 14.7. The number of hydrogen-bond acceptors (Lipinski definition) is 2. The maximum atomic E-state index is 12.8. The topological polar surface area (TPSA) is 46.4 Å². The Morgan fingerprint density at radius 2 is 1.77 bits per heavy atom. The van der Waals surface area contributed by atoms with Crippen molar-refractivity contribution in [3.63, 3.8) is 0 Å². The molecule has 1 amide bonds. The van der Waals surface area contributed by atoms with E-state index in [1.807, 2.05) is 91.2 Å². The van der Waals surface area contributed by atoms with Crippen molar-refractivity contribution in [3.8, 4) is 11.3 Å². The van der Waals surface area contributed by atoms with Crippen LogP contribution in [-0.2, 0) is 0 Å². The summed E-state index contributed by atoms with van der Waals surface area (Å²) < 4.78 is 1.94. The van der Waals surface area contributed by atoms with Crippen LogP contribution in [0.3, 0.4) is 0 Å². The average Bonchev–Trinajstić information content (AvgIpc) is 3.02. The number of rotatable bonds is 3. The summed E-state index contributed by atoms with van der Waals surface area (Å²) in [6, 6.07) is 21.4. The molecule has 2 heterocycles. The van der Waals surface area contributed by atoms with Crippen LogP contribution in [0, 0.1) is 13.8 Å². The van der Waals surface area contributed by atoms with E-state index in [2.05, 4.69) is 5.32 Å². The molecule has 2 aromatic heterocycles. The minimum Gasteiger partial charge on any atom is -0.306 e. The van der Waals surface area contributed by atoms with Crippen molar-refractivity contribution in [2.24, 2.45) is 0 Å². The molecule has 0 radical (unpaired) electrons. The SMILES string of the molecule is Cc1cccc(C(=O)Nc2c(-c3ccccc3)nc3c(C)cccn23)c1. The predicted molar refractivity (Wildman–Crippen MR) is 104 cm³/mol. The van der Waals surface area contributed by atoms with Crippen molar-refractivity contribution in [2.75, 3.05) is 5.32 Å². The van der Waals surface area contributed by atoms with Crippen molar-refractivity contribution in [1.82, 2.24) is 9.38 Å². The van der Waals surface area contributed by atoms with Crippen molar-refractivity contribution in [1.29, 1.82) is 0 Å². The first-order valence-corrected chi connectivity index (χ1v) is 8.54. The quantitative estimate of drug-likeness (QED) is 0.578. The summed E-state index contributed by atoms with van der Waals surface area (Å²) in [5, 5.41) is 3.06. The molecule has 4 aromatic rings. The molecular formula is C22H19N3O. The average molecular weight is 341 g/mol. The van der Waals surface area contributed by atoms with Crippen molar-refractivity contribution in [2.45, 2.75) is 13.8 Å². The second-order valence-corrected chi connectivity index (χ2v) is 6.38. The highest BCUT2D eigenvalue weighted by Gasteiger charge is 2.18. The van der Waals surface area contributed by atoms with E-state index in [9.17, 15) is 4.79 Å². The molecule has 4 rings (SSSR count). The van der Waals surface area contributed by atoms with E-state index in [0.717, 1.165) is 28.0 Å². The Morgan fingerprint density at radius 3 is 2.54 bits per heavy atom. The Balaban J connectivity index is 1.85. The van der Waals surface area contributed by atoms with Gasteiger partial charge >= 0.3 is 0 Å². The molecule has 1 N–H and O–H groups in total. The third-order valence-electron chi connectivity index (χ3n) is 4.40. The molecule has 0 saturated heterocycles. The number of fused-ring (bicyclic) bond motifs is 1. The molecule has 0 aliphatic carbocycles. The fraction of sp³-hybridized carbons (Fsp3) is 0.0909. The molecule has 26 heavy (non-hydrogen) atoms. The molecule has 0 fully saturated rings. The second kappa shape index (κ2) is 6.48. The number of nitrogens with one attached hydrogen (secondary N) is 1. The van der Waals surface area contributed by atoms with Crippen LogP contribution in [-0.4, -0.2) is 15.3 Å². The van der Waals surface area contributed by atoms with Gasteiger partial charge in [-0.05, 0) is 37.6 Å². The Bertz CT molecular complexity index is 1100. The maximum absolute atomic E-state index is 12.8. The maximum Gasteiger partial charge on any atom is 0.256 e. The summed E-state index contributed by atoms with van der Waals surface area (Å²) in [6.45, 7) is 3.99. The van der Waals surface area contributed by atoms with Crippen LogP contribution in [0.4, 0.5) is 5.82 Å². The highest BCUT2D eigenvalue weighted by atomic mass is 16.1. The monoisotopic (exact) mass is 341 g/mol. The zero-order valence-electron chi connectivity index (χ0n) is 14.7. The molecule has 0 spiro atoms. The highest BCUT2D eigenvalue weighted by Crippen LogP contribution is 2.30. The summed E-state index contributed by atoms with van der Waals surface area (Å²) >= 11 is 0. The highest BCUT2D eigenvalue weighted by molar-refractivity contribution is 6.06. The molecule has 0 atom stereocenters. The van der Waals surface area contributed by atoms with E-state index in [4.69, 9.17) is 4.98 Å². The van der Waals surface area contributed by atoms with E-state index in [-0.39, 0.29) is 5.91 Å². The Morgan fingerprint density at radius 1 is 0.962 bits per heavy atom. The van der Waals surface area contributed by atoms with Gasteiger partial charge in [-0.2, -0.15) is 0 Å². The lowest BCUT2D eigenvalue weighted by Crippen LogP contribution is -2.14. The largest absolute Gasteiger partial charge is 0.306 e. The van der Waals surface area contributed by atoms with Gasteiger partial charge in [-0.1, -0.05) is 54.1 Å². The first kappa shape index (κ1) is 16.1. The van der Waals surface area contributed by atoms with E-state index in [1.54, 1.807) is 0 Å². The van der Waals surface area contributed by atoms with Gasteiger partial charge in [0.1, 0.15) is 17.2 Å². The number of carbonyl (C=O) groups is 1. The molecule has 0 aliphatic heterocycles. The number of anilines is 1. The van der Waals surface area contributed by atoms with Crippen molar-refractivity contribution in [3.05, 3.63) is 89.6 Å². The lowest BCUT2D eigenvalue weighted by Gasteiger charge is -2.09. The van der Waals surface area contributed by atoms with Crippen LogP contribution in [0.1, 0.15) is 21.5 Å². The lowest BCUT2D eigenvalue weighted by molar-refractivity contribution is 0.102. The first-order valence-electron chi connectivity index (χ1n) is 8.54. The van der Waals surface area contributed by atoms with Crippen LogP contribution >= 0.6 is 0 Å². The zero-order chi connectivity index (χ0) is 18.1. The molecule has 0 aliphatic rings. The summed E-state index contributed by atoms with van der Waals surface area (Å²) in [4.78, 5) is 17.6. The van der Waals surface area contributed by atoms with Crippen molar-refractivity contribution >= 4 is 17.4 Å². The number of aromatic nitrogens is 2. The lowest BCUT2D eigenvalue weighted by atomic mass is 10.1. The third-order valence-corrected chi connectivity index (χ3v) is 4.40. The number of hydrogen-bond donors (Lipinski definition) is 1.